The Morgan fingerprint density at radius 1 is 0.936 bits per heavy atom. The summed E-state index contributed by atoms with van der Waals surface area (Å²) in [7, 11) is 0. The Labute approximate surface area is 279 Å². The zero-order valence-corrected chi connectivity index (χ0v) is 28.2. The average Bonchev–Trinajstić information content (AvgIpc) is 3.54. The molecule has 1 fully saturated rings. The van der Waals surface area contributed by atoms with Gasteiger partial charge in [0, 0.05) is 24.2 Å². The van der Waals surface area contributed by atoms with Gasteiger partial charge in [0.05, 0.1) is 0 Å². The van der Waals surface area contributed by atoms with Gasteiger partial charge >= 0.3 is 6.09 Å². The number of hydrogen-bond acceptors (Lipinski definition) is 10. The molecule has 1 aliphatic heterocycles. The number of thioether (sulfide) groups is 1. The highest BCUT2D eigenvalue weighted by atomic mass is 32.2. The van der Waals surface area contributed by atoms with Crippen LogP contribution in [-0.2, 0) is 25.5 Å². The van der Waals surface area contributed by atoms with Crippen molar-refractivity contribution in [3.05, 3.63) is 66.0 Å². The molecule has 2 aromatic carbocycles. The van der Waals surface area contributed by atoms with Crippen LogP contribution in [-0.4, -0.2) is 91.4 Å². The Morgan fingerprint density at radius 3 is 2.26 bits per heavy atom. The van der Waals surface area contributed by atoms with E-state index in [1.165, 1.54) is 4.90 Å². The van der Waals surface area contributed by atoms with Crippen LogP contribution in [0.1, 0.15) is 51.4 Å². The van der Waals surface area contributed by atoms with Gasteiger partial charge in [0.1, 0.15) is 23.7 Å². The molecule has 1 aliphatic rings. The Hall–Kier alpha value is -4.59. The largest absolute Gasteiger partial charge is 0.444 e. The number of carbonyl (C=O) groups excluding carboxylic acids is 4. The number of aryl methyl sites for hydroxylation is 1. The number of likely N-dealkylation sites (tertiary alicyclic amines) is 1. The van der Waals surface area contributed by atoms with Crippen molar-refractivity contribution in [3.63, 3.8) is 0 Å². The average molecular weight is 663 g/mol. The molecule has 1 aromatic heterocycles. The second kappa shape index (κ2) is 16.3. The van der Waals surface area contributed by atoms with Crippen molar-refractivity contribution < 1.29 is 23.9 Å². The third-order valence-corrected chi connectivity index (χ3v) is 7.98. The van der Waals surface area contributed by atoms with Gasteiger partial charge in [0.15, 0.2) is 5.82 Å². The number of nitrogens with one attached hydrogen (secondary N) is 3. The predicted octanol–water partition coefficient (Wildman–Crippen LogP) is 3.55. The summed E-state index contributed by atoms with van der Waals surface area (Å²) in [6, 6.07) is 13.5. The Balaban J connectivity index is 1.55. The first-order valence-corrected chi connectivity index (χ1v) is 16.9. The normalized spacial score (nSPS) is 15.8. The molecular weight excluding hydrogens is 620 g/mol. The molecule has 0 radical (unpaired) electrons. The van der Waals surface area contributed by atoms with E-state index in [1.807, 2.05) is 24.5 Å². The predicted molar refractivity (Wildman–Crippen MR) is 179 cm³/mol. The summed E-state index contributed by atoms with van der Waals surface area (Å²) in [5.74, 6) is 0.0902. The highest BCUT2D eigenvalue weighted by Crippen LogP contribution is 2.22. The molecule has 3 N–H and O–H groups in total. The number of anilines is 1. The fourth-order valence-electron chi connectivity index (χ4n) is 5.00. The standard InChI is InChI=1S/C33H42N8O5S/c1-21-37-39-28(40-38-21)23-15-13-22(14-16-23)20-26(36-31(44)27-12-9-18-41(27)32(45)46-33(2,3)4)30(43)35-25(17-19-47-5)29(42)34-24-10-7-6-8-11-24/h6-8,10-11,13-16,25-27H,9,12,17-20H2,1-5H3,(H,34,42)(H,35,43)(H,36,44). The van der Waals surface area contributed by atoms with Crippen molar-refractivity contribution in [1.82, 2.24) is 35.9 Å². The number of para-hydroxylation sites is 1. The van der Waals surface area contributed by atoms with E-state index in [0.717, 1.165) is 5.56 Å². The molecule has 3 atom stereocenters. The Morgan fingerprint density at radius 2 is 1.62 bits per heavy atom. The minimum absolute atomic E-state index is 0.123. The summed E-state index contributed by atoms with van der Waals surface area (Å²) < 4.78 is 5.53. The molecule has 1 saturated heterocycles. The van der Waals surface area contributed by atoms with Gasteiger partial charge in [0.25, 0.3) is 0 Å². The maximum absolute atomic E-state index is 13.9. The fourth-order valence-corrected chi connectivity index (χ4v) is 5.48. The number of ether oxygens (including phenoxy) is 1. The molecule has 3 aromatic rings. The summed E-state index contributed by atoms with van der Waals surface area (Å²) in [4.78, 5) is 55.2. The van der Waals surface area contributed by atoms with Crippen molar-refractivity contribution in [3.8, 4) is 11.4 Å². The number of nitrogens with zero attached hydrogens (tertiary/aromatic N) is 5. The van der Waals surface area contributed by atoms with Crippen LogP contribution >= 0.6 is 11.8 Å². The SMILES string of the molecule is CSCCC(NC(=O)C(Cc1ccc(-c2nnc(C)nn2)cc1)NC(=O)C1CCCN1C(=O)OC(C)(C)C)C(=O)Nc1ccccc1. The summed E-state index contributed by atoms with van der Waals surface area (Å²) in [6.45, 7) is 7.36. The highest BCUT2D eigenvalue weighted by molar-refractivity contribution is 7.98. The van der Waals surface area contributed by atoms with Crippen molar-refractivity contribution in [2.24, 2.45) is 0 Å². The van der Waals surface area contributed by atoms with E-state index in [-0.39, 0.29) is 12.3 Å². The quantitative estimate of drug-likeness (QED) is 0.261. The molecule has 4 rings (SSSR count). The van der Waals surface area contributed by atoms with Gasteiger partial charge in [-0.2, -0.15) is 11.8 Å². The molecule has 0 saturated carbocycles. The van der Waals surface area contributed by atoms with Crippen molar-refractivity contribution >= 4 is 41.3 Å². The van der Waals surface area contributed by atoms with Crippen LogP contribution in [0.15, 0.2) is 54.6 Å². The highest BCUT2D eigenvalue weighted by Gasteiger charge is 2.38. The van der Waals surface area contributed by atoms with Gasteiger partial charge < -0.3 is 20.7 Å². The number of amides is 4. The van der Waals surface area contributed by atoms with Gasteiger partial charge in [-0.15, -0.1) is 20.4 Å². The second-order valence-electron chi connectivity index (χ2n) is 12.3. The van der Waals surface area contributed by atoms with E-state index in [9.17, 15) is 19.2 Å². The molecule has 0 bridgehead atoms. The van der Waals surface area contributed by atoms with Crippen LogP contribution in [0.5, 0.6) is 0 Å². The lowest BCUT2D eigenvalue weighted by Gasteiger charge is -2.29. The monoisotopic (exact) mass is 662 g/mol. The van der Waals surface area contributed by atoms with Gasteiger partial charge in [-0.3, -0.25) is 19.3 Å². The molecule has 0 spiro atoms. The van der Waals surface area contributed by atoms with E-state index in [0.29, 0.717) is 54.5 Å². The van der Waals surface area contributed by atoms with Crippen LogP contribution in [0.25, 0.3) is 11.4 Å². The van der Waals surface area contributed by atoms with Gasteiger partial charge in [-0.05, 0) is 76.7 Å². The summed E-state index contributed by atoms with van der Waals surface area (Å²) in [5.41, 5.74) is 1.31. The van der Waals surface area contributed by atoms with E-state index in [4.69, 9.17) is 4.74 Å². The molecule has 47 heavy (non-hydrogen) atoms. The van der Waals surface area contributed by atoms with Gasteiger partial charge in [-0.25, -0.2) is 4.79 Å². The number of carbonyl (C=O) groups is 4. The van der Waals surface area contributed by atoms with Crippen molar-refractivity contribution in [1.29, 1.82) is 0 Å². The molecule has 4 amide bonds. The van der Waals surface area contributed by atoms with E-state index < -0.39 is 41.6 Å². The number of rotatable bonds is 12. The molecule has 0 aliphatic carbocycles. The summed E-state index contributed by atoms with van der Waals surface area (Å²) >= 11 is 1.56. The smallest absolute Gasteiger partial charge is 0.410 e. The van der Waals surface area contributed by atoms with E-state index in [2.05, 4.69) is 36.3 Å². The maximum Gasteiger partial charge on any atom is 0.410 e. The maximum atomic E-state index is 13.9. The molecule has 2 heterocycles. The zero-order valence-electron chi connectivity index (χ0n) is 27.4. The minimum Gasteiger partial charge on any atom is -0.444 e. The summed E-state index contributed by atoms with van der Waals surface area (Å²) in [6.07, 6.45) is 2.90. The Kier molecular flexibility index (Phi) is 12.2. The first kappa shape index (κ1) is 35.3. The minimum atomic E-state index is -1.05. The molecule has 14 heteroatoms. The van der Waals surface area contributed by atoms with E-state index in [1.54, 1.807) is 75.9 Å². The lowest BCUT2D eigenvalue weighted by molar-refractivity contribution is -0.132. The second-order valence-corrected chi connectivity index (χ2v) is 13.2. The topological polar surface area (TPSA) is 168 Å². The van der Waals surface area contributed by atoms with Crippen LogP contribution in [0, 0.1) is 6.92 Å². The van der Waals surface area contributed by atoms with Crippen LogP contribution in [0.3, 0.4) is 0 Å². The molecule has 250 valence electrons. The van der Waals surface area contributed by atoms with Crippen LogP contribution in [0.4, 0.5) is 10.5 Å². The van der Waals surface area contributed by atoms with Crippen molar-refractivity contribution in [2.75, 3.05) is 23.9 Å². The number of aromatic nitrogens is 4. The lowest BCUT2D eigenvalue weighted by atomic mass is 10.0. The van der Waals surface area contributed by atoms with Gasteiger partial charge in [0.2, 0.25) is 23.5 Å². The molecular formula is C33H42N8O5S. The molecule has 3 unspecified atom stereocenters. The number of benzene rings is 2. The lowest BCUT2D eigenvalue weighted by Crippen LogP contribution is -2.56. The summed E-state index contributed by atoms with van der Waals surface area (Å²) in [5, 5.41) is 24.7. The molecule has 13 nitrogen and oxygen atoms in total. The van der Waals surface area contributed by atoms with Crippen LogP contribution < -0.4 is 16.0 Å². The Bertz CT molecular complexity index is 1520. The van der Waals surface area contributed by atoms with E-state index >= 15 is 0 Å². The number of hydrogen-bond donors (Lipinski definition) is 3. The first-order chi connectivity index (χ1) is 22.4. The van der Waals surface area contributed by atoms with Crippen LogP contribution in [0.2, 0.25) is 0 Å². The fraction of sp³-hybridized carbons (Fsp3) is 0.455. The third-order valence-electron chi connectivity index (χ3n) is 7.33. The third kappa shape index (κ3) is 10.5. The van der Waals surface area contributed by atoms with Crippen molar-refractivity contribution in [2.45, 2.75) is 77.1 Å². The zero-order chi connectivity index (χ0) is 34.0. The van der Waals surface area contributed by atoms with Gasteiger partial charge in [-0.1, -0.05) is 42.5 Å². The first-order valence-electron chi connectivity index (χ1n) is 15.5.